The number of nitrogens with two attached hydrogens (primary N) is 1. The molecular weight excluding hydrogens is 261 g/mol. The van der Waals surface area contributed by atoms with Crippen LogP contribution in [0.2, 0.25) is 0 Å². The molecule has 0 saturated carbocycles. The van der Waals surface area contributed by atoms with Crippen molar-refractivity contribution in [3.8, 4) is 0 Å². The molecule has 1 atom stereocenters. The minimum atomic E-state index is -5.65. The zero-order valence-electron chi connectivity index (χ0n) is 8.76. The van der Waals surface area contributed by atoms with E-state index in [1.165, 1.54) is 36.0 Å². The molecule has 0 heterocycles. The number of hydrogen-bond acceptors (Lipinski definition) is 2. The Morgan fingerprint density at radius 1 is 1.06 bits per heavy atom. The smallest absolute Gasteiger partial charge is 0.319 e. The molecule has 96 valence electrons. The Bertz CT molecular complexity index is 373. The minimum Gasteiger partial charge on any atom is -0.319 e. The first-order chi connectivity index (χ1) is 7.70. The van der Waals surface area contributed by atoms with Crippen molar-refractivity contribution < 1.29 is 22.0 Å². The van der Waals surface area contributed by atoms with Crippen LogP contribution in [0.4, 0.5) is 22.0 Å². The van der Waals surface area contributed by atoms with Crippen LogP contribution in [0.25, 0.3) is 0 Å². The maximum absolute atomic E-state index is 12.9. The summed E-state index contributed by atoms with van der Waals surface area (Å²) < 4.78 is 62.1. The first-order valence-corrected chi connectivity index (χ1v) is 5.76. The van der Waals surface area contributed by atoms with E-state index in [0.717, 1.165) is 4.90 Å². The molecule has 1 aromatic carbocycles. The molecule has 0 aromatic heterocycles. The molecule has 1 rings (SSSR count). The quantitative estimate of drug-likeness (QED) is 0.671. The predicted octanol–water partition coefficient (Wildman–Crippen LogP) is 3.61. The maximum atomic E-state index is 12.9. The van der Waals surface area contributed by atoms with Gasteiger partial charge in [-0.05, 0) is 24.0 Å². The highest BCUT2D eigenvalue weighted by atomic mass is 32.2. The van der Waals surface area contributed by atoms with E-state index in [-0.39, 0.29) is 5.56 Å². The summed E-state index contributed by atoms with van der Waals surface area (Å²) in [7, 11) is 0. The fourth-order valence-corrected chi connectivity index (χ4v) is 1.61. The molecule has 2 N–H and O–H groups in total. The number of benzene rings is 1. The largest absolute Gasteiger partial charge is 0.455 e. The van der Waals surface area contributed by atoms with E-state index < -0.39 is 18.1 Å². The summed E-state index contributed by atoms with van der Waals surface area (Å²) in [5.41, 5.74) is 4.73. The molecule has 0 amide bonds. The normalized spacial score (nSPS) is 14.8. The topological polar surface area (TPSA) is 26.0 Å². The Kier molecular flexibility index (Phi) is 4.03. The van der Waals surface area contributed by atoms with Crippen molar-refractivity contribution in [3.63, 3.8) is 0 Å². The van der Waals surface area contributed by atoms with E-state index >= 15 is 0 Å². The van der Waals surface area contributed by atoms with Crippen LogP contribution in [0, 0.1) is 0 Å². The molecule has 0 aliphatic heterocycles. The Balaban J connectivity index is 2.99. The van der Waals surface area contributed by atoms with Crippen molar-refractivity contribution in [2.45, 2.75) is 23.0 Å². The summed E-state index contributed by atoms with van der Waals surface area (Å²) in [6.07, 6.45) is -3.89. The van der Waals surface area contributed by atoms with E-state index in [4.69, 9.17) is 5.73 Å². The highest BCUT2D eigenvalue weighted by molar-refractivity contribution is 7.98. The Hall–Kier alpha value is -0.820. The standard InChI is InChI=1S/C10H10F5NS/c1-17-7-4-2-6(3-5-7)8(16)9(11,12)10(13,14)15/h2-5,8H,16H2,1H3/t8-/m0/s1. The van der Waals surface area contributed by atoms with Gasteiger partial charge in [-0.25, -0.2) is 0 Å². The second-order valence-electron chi connectivity index (χ2n) is 3.37. The van der Waals surface area contributed by atoms with E-state index in [1.807, 2.05) is 0 Å². The number of hydrogen-bond donors (Lipinski definition) is 1. The van der Waals surface area contributed by atoms with Crippen molar-refractivity contribution in [2.75, 3.05) is 6.26 Å². The molecule has 0 unspecified atom stereocenters. The molecule has 1 nitrogen and oxygen atoms in total. The minimum absolute atomic E-state index is 0.245. The molecule has 0 radical (unpaired) electrons. The lowest BCUT2D eigenvalue weighted by Crippen LogP contribution is -2.45. The average molecular weight is 271 g/mol. The summed E-state index contributed by atoms with van der Waals surface area (Å²) in [6, 6.07) is 2.86. The van der Waals surface area contributed by atoms with Crippen LogP contribution >= 0.6 is 11.8 Å². The van der Waals surface area contributed by atoms with Gasteiger partial charge in [-0.15, -0.1) is 11.8 Å². The monoisotopic (exact) mass is 271 g/mol. The zero-order valence-corrected chi connectivity index (χ0v) is 9.58. The fraction of sp³-hybridized carbons (Fsp3) is 0.400. The maximum Gasteiger partial charge on any atom is 0.455 e. The summed E-state index contributed by atoms with van der Waals surface area (Å²) in [5.74, 6) is -4.94. The molecule has 0 spiro atoms. The Labute approximate surface area is 99.2 Å². The Morgan fingerprint density at radius 2 is 1.53 bits per heavy atom. The second-order valence-corrected chi connectivity index (χ2v) is 4.25. The van der Waals surface area contributed by atoms with Crippen molar-refractivity contribution in [3.05, 3.63) is 29.8 Å². The van der Waals surface area contributed by atoms with Crippen molar-refractivity contribution in [2.24, 2.45) is 5.73 Å². The SMILES string of the molecule is CSc1ccc([C@H](N)C(F)(F)C(F)(F)F)cc1. The van der Waals surface area contributed by atoms with Gasteiger partial charge in [0.2, 0.25) is 0 Å². The van der Waals surface area contributed by atoms with Crippen molar-refractivity contribution >= 4 is 11.8 Å². The molecule has 0 saturated heterocycles. The van der Waals surface area contributed by atoms with Crippen LogP contribution in [0.3, 0.4) is 0 Å². The lowest BCUT2D eigenvalue weighted by Gasteiger charge is -2.25. The summed E-state index contributed by atoms with van der Waals surface area (Å²) >= 11 is 1.35. The molecular formula is C10H10F5NS. The van der Waals surface area contributed by atoms with E-state index in [0.29, 0.717) is 0 Å². The Morgan fingerprint density at radius 3 is 1.88 bits per heavy atom. The first-order valence-electron chi connectivity index (χ1n) is 4.54. The van der Waals surface area contributed by atoms with Crippen molar-refractivity contribution in [1.29, 1.82) is 0 Å². The van der Waals surface area contributed by atoms with E-state index in [1.54, 1.807) is 6.26 Å². The third-order valence-electron chi connectivity index (χ3n) is 2.24. The second kappa shape index (κ2) is 4.81. The van der Waals surface area contributed by atoms with E-state index in [9.17, 15) is 22.0 Å². The predicted molar refractivity (Wildman–Crippen MR) is 56.2 cm³/mol. The first kappa shape index (κ1) is 14.2. The molecule has 0 aliphatic carbocycles. The van der Waals surface area contributed by atoms with Crippen LogP contribution in [0.1, 0.15) is 11.6 Å². The van der Waals surface area contributed by atoms with Gasteiger partial charge in [0.25, 0.3) is 0 Å². The van der Waals surface area contributed by atoms with Gasteiger partial charge in [0.15, 0.2) is 0 Å². The molecule has 0 fully saturated rings. The average Bonchev–Trinajstić information content (AvgIpc) is 2.26. The van der Waals surface area contributed by atoms with Gasteiger partial charge in [0.1, 0.15) is 6.04 Å². The zero-order chi connectivity index (χ0) is 13.3. The van der Waals surface area contributed by atoms with Gasteiger partial charge in [-0.3, -0.25) is 0 Å². The summed E-state index contributed by atoms with van der Waals surface area (Å²) in [4.78, 5) is 0.760. The molecule has 17 heavy (non-hydrogen) atoms. The third kappa shape index (κ3) is 2.90. The van der Waals surface area contributed by atoms with Crippen LogP contribution in [0.15, 0.2) is 29.2 Å². The van der Waals surface area contributed by atoms with Crippen LogP contribution < -0.4 is 5.73 Å². The van der Waals surface area contributed by atoms with Crippen LogP contribution in [-0.2, 0) is 0 Å². The number of rotatable bonds is 3. The molecule has 1 aromatic rings. The number of alkyl halides is 5. The highest BCUT2D eigenvalue weighted by Crippen LogP contribution is 2.43. The van der Waals surface area contributed by atoms with Crippen LogP contribution in [-0.4, -0.2) is 18.4 Å². The summed E-state index contributed by atoms with van der Waals surface area (Å²) in [5, 5.41) is 0. The van der Waals surface area contributed by atoms with Crippen molar-refractivity contribution in [1.82, 2.24) is 0 Å². The number of thioether (sulfide) groups is 1. The van der Waals surface area contributed by atoms with Gasteiger partial charge in [0, 0.05) is 4.90 Å². The van der Waals surface area contributed by atoms with Gasteiger partial charge in [0.05, 0.1) is 0 Å². The lowest BCUT2D eigenvalue weighted by atomic mass is 10.0. The lowest BCUT2D eigenvalue weighted by molar-refractivity contribution is -0.291. The highest BCUT2D eigenvalue weighted by Gasteiger charge is 2.61. The molecule has 7 heteroatoms. The molecule has 0 bridgehead atoms. The fourth-order valence-electron chi connectivity index (χ4n) is 1.20. The number of halogens is 5. The van der Waals surface area contributed by atoms with Gasteiger partial charge < -0.3 is 5.73 Å². The van der Waals surface area contributed by atoms with Gasteiger partial charge in [-0.2, -0.15) is 22.0 Å². The van der Waals surface area contributed by atoms with Gasteiger partial charge in [-0.1, -0.05) is 12.1 Å². The van der Waals surface area contributed by atoms with Gasteiger partial charge >= 0.3 is 12.1 Å². The molecule has 0 aliphatic rings. The van der Waals surface area contributed by atoms with Crippen LogP contribution in [0.5, 0.6) is 0 Å². The van der Waals surface area contributed by atoms with E-state index in [2.05, 4.69) is 0 Å². The third-order valence-corrected chi connectivity index (χ3v) is 2.99. The summed E-state index contributed by atoms with van der Waals surface area (Å²) in [6.45, 7) is 0.